The van der Waals surface area contributed by atoms with E-state index in [4.69, 9.17) is 27.5 Å². The predicted molar refractivity (Wildman–Crippen MR) is 103 cm³/mol. The van der Waals surface area contributed by atoms with Crippen molar-refractivity contribution in [3.63, 3.8) is 0 Å². The monoisotopic (exact) mass is 410 g/mol. The maximum Gasteiger partial charge on any atom is 0.394 e. The average molecular weight is 410 g/mol. The van der Waals surface area contributed by atoms with Gasteiger partial charge in [0.1, 0.15) is 0 Å². The number of fused-ring (bicyclic) bond motifs is 2. The van der Waals surface area contributed by atoms with E-state index in [2.05, 4.69) is 10.5 Å². The summed E-state index contributed by atoms with van der Waals surface area (Å²) in [5.74, 6) is -1.06. The number of hydrogen-bond donors (Lipinski definition) is 5. The van der Waals surface area contributed by atoms with Crippen molar-refractivity contribution in [2.24, 2.45) is 0 Å². The van der Waals surface area contributed by atoms with E-state index in [0.29, 0.717) is 22.0 Å². The number of benzene rings is 2. The zero-order chi connectivity index (χ0) is 21.1. The number of para-hydroxylation sites is 1. The highest BCUT2D eigenvalue weighted by molar-refractivity contribution is 7.79. The molecule has 0 bridgehead atoms. The van der Waals surface area contributed by atoms with Crippen molar-refractivity contribution in [3.8, 4) is 0 Å². The molecule has 0 fully saturated rings. The highest BCUT2D eigenvalue weighted by Crippen LogP contribution is 2.27. The van der Waals surface area contributed by atoms with E-state index in [0.717, 1.165) is 16.6 Å². The van der Waals surface area contributed by atoms with Gasteiger partial charge in [0.2, 0.25) is 0 Å². The lowest BCUT2D eigenvalue weighted by atomic mass is 10.00. The number of aromatic nitrogens is 1. The van der Waals surface area contributed by atoms with Crippen LogP contribution in [0, 0.1) is 13.8 Å². The standard InChI is InChI=1S/C17H16N2O4.H2O4S/c1-9-10(2)16-14(7-13(9)19-23-8-15(20)21)18-12-6-4-3-5-11(12)17(16)22;1-5(2,3)4/h3-7,19H,8H2,1-2H3,(H,18,22)(H,20,21);(H2,1,2,3,4). The summed E-state index contributed by atoms with van der Waals surface area (Å²) in [5.41, 5.74) is 6.35. The van der Waals surface area contributed by atoms with Crippen molar-refractivity contribution >= 4 is 43.9 Å². The minimum atomic E-state index is -4.67. The number of aliphatic carboxylic acids is 1. The second-order valence-electron chi connectivity index (χ2n) is 5.83. The second kappa shape index (κ2) is 8.35. The average Bonchev–Trinajstić information content (AvgIpc) is 2.57. The van der Waals surface area contributed by atoms with Gasteiger partial charge in [0, 0.05) is 16.3 Å². The van der Waals surface area contributed by atoms with Crippen LogP contribution in [0.15, 0.2) is 35.1 Å². The topological polar surface area (TPSA) is 166 Å². The predicted octanol–water partition coefficient (Wildman–Crippen LogP) is 2.07. The molecule has 11 heteroatoms. The van der Waals surface area contributed by atoms with E-state index < -0.39 is 23.0 Å². The summed E-state index contributed by atoms with van der Waals surface area (Å²) in [6.07, 6.45) is 0. The third-order valence-electron chi connectivity index (χ3n) is 3.95. The van der Waals surface area contributed by atoms with Gasteiger partial charge in [-0.3, -0.25) is 24.2 Å². The number of anilines is 1. The Kier molecular flexibility index (Phi) is 6.36. The van der Waals surface area contributed by atoms with E-state index >= 15 is 0 Å². The van der Waals surface area contributed by atoms with Crippen LogP contribution in [0.5, 0.6) is 0 Å². The molecule has 0 saturated heterocycles. The first-order valence-corrected chi connectivity index (χ1v) is 9.23. The van der Waals surface area contributed by atoms with E-state index in [1.807, 2.05) is 32.0 Å². The Morgan fingerprint density at radius 2 is 1.75 bits per heavy atom. The van der Waals surface area contributed by atoms with Crippen molar-refractivity contribution < 1.29 is 32.3 Å². The van der Waals surface area contributed by atoms with Crippen LogP contribution < -0.4 is 10.9 Å². The van der Waals surface area contributed by atoms with Crippen molar-refractivity contribution in [1.29, 1.82) is 0 Å². The molecule has 0 saturated carbocycles. The molecule has 1 aromatic heterocycles. The number of H-pyrrole nitrogens is 1. The van der Waals surface area contributed by atoms with Gasteiger partial charge in [0.15, 0.2) is 12.0 Å². The fourth-order valence-corrected chi connectivity index (χ4v) is 2.66. The molecule has 28 heavy (non-hydrogen) atoms. The van der Waals surface area contributed by atoms with Gasteiger partial charge in [0.25, 0.3) is 0 Å². The van der Waals surface area contributed by atoms with Crippen molar-refractivity contribution in [3.05, 3.63) is 51.7 Å². The first-order chi connectivity index (χ1) is 13.0. The van der Waals surface area contributed by atoms with Crippen LogP contribution in [0.25, 0.3) is 21.8 Å². The number of hydrogen-bond acceptors (Lipinski definition) is 6. The quantitative estimate of drug-likeness (QED) is 0.246. The number of carboxylic acid groups (broad SMARTS) is 1. The first-order valence-electron chi connectivity index (χ1n) is 7.83. The summed E-state index contributed by atoms with van der Waals surface area (Å²) in [6, 6.07) is 9.10. The van der Waals surface area contributed by atoms with Crippen LogP contribution >= 0.6 is 0 Å². The molecular formula is C17H18N2O8S. The number of carboxylic acids is 1. The molecule has 5 N–H and O–H groups in total. The maximum atomic E-state index is 12.7. The minimum absolute atomic E-state index is 0.0204. The number of nitrogens with one attached hydrogen (secondary N) is 2. The second-order valence-corrected chi connectivity index (χ2v) is 6.72. The van der Waals surface area contributed by atoms with Gasteiger partial charge in [0.05, 0.1) is 11.2 Å². The van der Waals surface area contributed by atoms with Crippen LogP contribution in [0.3, 0.4) is 0 Å². The van der Waals surface area contributed by atoms with Gasteiger partial charge in [-0.25, -0.2) is 4.79 Å². The summed E-state index contributed by atoms with van der Waals surface area (Å²) in [7, 11) is -4.67. The van der Waals surface area contributed by atoms with Crippen molar-refractivity contribution in [2.75, 3.05) is 12.1 Å². The van der Waals surface area contributed by atoms with E-state index in [9.17, 15) is 9.59 Å². The summed E-state index contributed by atoms with van der Waals surface area (Å²) in [6.45, 7) is 3.27. The summed E-state index contributed by atoms with van der Waals surface area (Å²) in [4.78, 5) is 31.4. The first kappa shape index (κ1) is 21.3. The molecule has 0 aliphatic heterocycles. The number of aromatic amines is 1. The lowest BCUT2D eigenvalue weighted by Crippen LogP contribution is -2.13. The van der Waals surface area contributed by atoms with Crippen LogP contribution in [0.1, 0.15) is 11.1 Å². The van der Waals surface area contributed by atoms with Gasteiger partial charge in [-0.1, -0.05) is 12.1 Å². The summed E-state index contributed by atoms with van der Waals surface area (Å²) in [5, 5.41) is 9.90. The number of pyridine rings is 1. The maximum absolute atomic E-state index is 12.7. The van der Waals surface area contributed by atoms with E-state index in [1.165, 1.54) is 0 Å². The van der Waals surface area contributed by atoms with Crippen LogP contribution in [0.4, 0.5) is 5.69 Å². The summed E-state index contributed by atoms with van der Waals surface area (Å²) < 4.78 is 31.6. The lowest BCUT2D eigenvalue weighted by molar-refractivity contribution is -0.141. The van der Waals surface area contributed by atoms with Gasteiger partial charge < -0.3 is 10.1 Å². The van der Waals surface area contributed by atoms with Gasteiger partial charge in [-0.05, 0) is 43.2 Å². The lowest BCUT2D eigenvalue weighted by Gasteiger charge is -2.14. The molecule has 0 aliphatic carbocycles. The number of aryl methyl sites for hydroxylation is 1. The molecule has 0 unspecified atom stereocenters. The van der Waals surface area contributed by atoms with E-state index in [1.54, 1.807) is 12.1 Å². The van der Waals surface area contributed by atoms with Crippen molar-refractivity contribution in [1.82, 2.24) is 4.98 Å². The highest BCUT2D eigenvalue weighted by atomic mass is 32.3. The van der Waals surface area contributed by atoms with Gasteiger partial charge >= 0.3 is 16.4 Å². The molecule has 2 aromatic carbocycles. The number of carbonyl (C=O) groups is 1. The molecule has 150 valence electrons. The molecular weight excluding hydrogens is 392 g/mol. The molecule has 3 rings (SSSR count). The smallest absolute Gasteiger partial charge is 0.394 e. The fraction of sp³-hybridized carbons (Fsp3) is 0.176. The molecule has 0 amide bonds. The Morgan fingerprint density at radius 3 is 2.36 bits per heavy atom. The molecule has 3 aromatic rings. The van der Waals surface area contributed by atoms with Gasteiger partial charge in [-0.2, -0.15) is 8.42 Å². The van der Waals surface area contributed by atoms with Crippen LogP contribution in [-0.2, 0) is 20.0 Å². The molecule has 0 atom stereocenters. The molecule has 1 heterocycles. The Bertz CT molecular complexity index is 1190. The third-order valence-corrected chi connectivity index (χ3v) is 3.95. The van der Waals surface area contributed by atoms with Gasteiger partial charge in [-0.15, -0.1) is 0 Å². The Morgan fingerprint density at radius 1 is 1.14 bits per heavy atom. The fourth-order valence-electron chi connectivity index (χ4n) is 2.66. The normalized spacial score (nSPS) is 11.1. The highest BCUT2D eigenvalue weighted by Gasteiger charge is 2.13. The zero-order valence-corrected chi connectivity index (χ0v) is 15.7. The van der Waals surface area contributed by atoms with E-state index in [-0.39, 0.29) is 5.43 Å². The molecule has 0 aliphatic rings. The Hall–Kier alpha value is -2.99. The Balaban J connectivity index is 0.000000500. The SMILES string of the molecule is Cc1c(NOCC(=O)O)cc2[nH]c3ccccc3c(=O)c2c1C.O=S(=O)(O)O. The zero-order valence-electron chi connectivity index (χ0n) is 14.9. The molecule has 0 spiro atoms. The largest absolute Gasteiger partial charge is 0.479 e. The minimum Gasteiger partial charge on any atom is -0.479 e. The van der Waals surface area contributed by atoms with Crippen LogP contribution in [-0.4, -0.2) is 40.2 Å². The third kappa shape index (κ3) is 5.27. The molecule has 10 nitrogen and oxygen atoms in total. The summed E-state index contributed by atoms with van der Waals surface area (Å²) >= 11 is 0. The Labute approximate surface area is 159 Å². The van der Waals surface area contributed by atoms with Crippen molar-refractivity contribution in [2.45, 2.75) is 13.8 Å². The molecule has 0 radical (unpaired) electrons. The van der Waals surface area contributed by atoms with Crippen LogP contribution in [0.2, 0.25) is 0 Å². The number of rotatable bonds is 4.